The molecule has 0 atom stereocenters. The van der Waals surface area contributed by atoms with Crippen LogP contribution in [0.15, 0.2) is 0 Å². The number of hydrogen-bond acceptors (Lipinski definition) is 2. The van der Waals surface area contributed by atoms with Gasteiger partial charge in [0.05, 0.1) is 17.4 Å². The highest BCUT2D eigenvalue weighted by Crippen LogP contribution is 2.38. The topological polar surface area (TPSA) is 43.8 Å². The van der Waals surface area contributed by atoms with Gasteiger partial charge in [-0.1, -0.05) is 0 Å². The Morgan fingerprint density at radius 1 is 1.38 bits per heavy atom. The highest BCUT2D eigenvalue weighted by Gasteiger charge is 2.30. The Morgan fingerprint density at radius 2 is 2.23 bits per heavy atom. The summed E-state index contributed by atoms with van der Waals surface area (Å²) >= 11 is 0. The zero-order valence-electron chi connectivity index (χ0n) is 7.79. The average Bonchev–Trinajstić information content (AvgIpc) is 2.76. The molecule has 2 N–H and O–H groups in total. The minimum absolute atomic E-state index is 0.666. The van der Waals surface area contributed by atoms with Gasteiger partial charge in [0.25, 0.3) is 0 Å². The lowest BCUT2D eigenvalue weighted by Crippen LogP contribution is -2.09. The lowest BCUT2D eigenvalue weighted by atomic mass is 10.2. The van der Waals surface area contributed by atoms with Crippen LogP contribution in [0.25, 0.3) is 0 Å². The average molecular weight is 177 g/mol. The summed E-state index contributed by atoms with van der Waals surface area (Å²) in [5.74, 6) is 0. The van der Waals surface area contributed by atoms with Crippen molar-refractivity contribution in [3.8, 4) is 0 Å². The molecule has 1 aromatic rings. The molecule has 3 nitrogen and oxygen atoms in total. The smallest absolute Gasteiger partial charge is 0.0660 e. The maximum atomic E-state index is 5.77. The molecular formula is C10H15N3. The molecule has 13 heavy (non-hydrogen) atoms. The fourth-order valence-corrected chi connectivity index (χ4v) is 2.32. The Morgan fingerprint density at radius 3 is 2.92 bits per heavy atom. The van der Waals surface area contributed by atoms with Crippen LogP contribution in [0.1, 0.15) is 42.3 Å². The summed E-state index contributed by atoms with van der Waals surface area (Å²) in [6.45, 7) is 0.666. The number of nitrogens with zero attached hydrogens (tertiary/aromatic N) is 2. The molecule has 1 aromatic heterocycles. The van der Waals surface area contributed by atoms with Gasteiger partial charge in [-0.2, -0.15) is 5.10 Å². The maximum Gasteiger partial charge on any atom is 0.0660 e. The molecule has 3 heteroatoms. The fraction of sp³-hybridized carbons (Fsp3) is 0.700. The van der Waals surface area contributed by atoms with Crippen LogP contribution >= 0.6 is 0 Å². The summed E-state index contributed by atoms with van der Waals surface area (Å²) < 4.78 is 2.20. The molecule has 1 heterocycles. The zero-order valence-corrected chi connectivity index (χ0v) is 7.79. The quantitative estimate of drug-likeness (QED) is 0.736. The summed E-state index contributed by atoms with van der Waals surface area (Å²) in [6.07, 6.45) is 6.24. The van der Waals surface area contributed by atoms with Gasteiger partial charge in [0, 0.05) is 6.54 Å². The predicted octanol–water partition coefficient (Wildman–Crippen LogP) is 1.17. The third kappa shape index (κ3) is 1.03. The molecule has 70 valence electrons. The zero-order chi connectivity index (χ0) is 8.84. The van der Waals surface area contributed by atoms with Gasteiger partial charge in [0.15, 0.2) is 0 Å². The van der Waals surface area contributed by atoms with E-state index < -0.39 is 0 Å². The van der Waals surface area contributed by atoms with Crippen LogP contribution in [0.2, 0.25) is 0 Å². The first-order valence-electron chi connectivity index (χ1n) is 5.19. The Bertz CT molecular complexity index is 336. The molecule has 1 fully saturated rings. The van der Waals surface area contributed by atoms with E-state index in [1.807, 2.05) is 0 Å². The first-order chi connectivity index (χ1) is 6.40. The van der Waals surface area contributed by atoms with E-state index in [9.17, 15) is 0 Å². The molecule has 0 radical (unpaired) electrons. The maximum absolute atomic E-state index is 5.77. The Balaban J connectivity index is 2.09. The van der Waals surface area contributed by atoms with Crippen molar-refractivity contribution < 1.29 is 0 Å². The van der Waals surface area contributed by atoms with Gasteiger partial charge >= 0.3 is 0 Å². The van der Waals surface area contributed by atoms with Crippen LogP contribution in [-0.2, 0) is 19.4 Å². The number of hydrogen-bond donors (Lipinski definition) is 1. The van der Waals surface area contributed by atoms with Gasteiger partial charge in [-0.3, -0.25) is 4.68 Å². The highest BCUT2D eigenvalue weighted by atomic mass is 15.3. The second-order valence-corrected chi connectivity index (χ2v) is 4.11. The van der Waals surface area contributed by atoms with Crippen molar-refractivity contribution in [3.63, 3.8) is 0 Å². The van der Waals surface area contributed by atoms with E-state index in [0.717, 1.165) is 0 Å². The third-order valence-corrected chi connectivity index (χ3v) is 3.13. The van der Waals surface area contributed by atoms with Gasteiger partial charge in [0.2, 0.25) is 0 Å². The summed E-state index contributed by atoms with van der Waals surface area (Å²) in [5.41, 5.74) is 9.88. The minimum Gasteiger partial charge on any atom is -0.325 e. The molecule has 2 aliphatic rings. The lowest BCUT2D eigenvalue weighted by Gasteiger charge is -2.04. The minimum atomic E-state index is 0.666. The number of aryl methyl sites for hydroxylation is 1. The second-order valence-electron chi connectivity index (χ2n) is 4.11. The number of rotatable bonds is 2. The van der Waals surface area contributed by atoms with Crippen molar-refractivity contribution in [2.24, 2.45) is 5.73 Å². The van der Waals surface area contributed by atoms with Crippen LogP contribution in [0.4, 0.5) is 0 Å². The van der Waals surface area contributed by atoms with Crippen LogP contribution in [0.3, 0.4) is 0 Å². The summed E-state index contributed by atoms with van der Waals surface area (Å²) in [5, 5.41) is 4.66. The molecule has 0 amide bonds. The molecule has 0 aliphatic heterocycles. The molecule has 0 saturated heterocycles. The van der Waals surface area contributed by atoms with Crippen molar-refractivity contribution in [3.05, 3.63) is 17.0 Å². The number of fused-ring (bicyclic) bond motifs is 1. The van der Waals surface area contributed by atoms with Gasteiger partial charge in [-0.05, 0) is 37.7 Å². The van der Waals surface area contributed by atoms with E-state index in [0.29, 0.717) is 12.6 Å². The Labute approximate surface area is 77.9 Å². The molecular weight excluding hydrogens is 162 g/mol. The van der Waals surface area contributed by atoms with Crippen LogP contribution in [0, 0.1) is 0 Å². The van der Waals surface area contributed by atoms with E-state index in [4.69, 9.17) is 5.73 Å². The van der Waals surface area contributed by atoms with E-state index in [2.05, 4.69) is 9.78 Å². The first-order valence-corrected chi connectivity index (χ1v) is 5.19. The van der Waals surface area contributed by atoms with E-state index >= 15 is 0 Å². The molecule has 0 unspecified atom stereocenters. The van der Waals surface area contributed by atoms with E-state index in [-0.39, 0.29) is 0 Å². The Kier molecular flexibility index (Phi) is 1.50. The summed E-state index contributed by atoms with van der Waals surface area (Å²) in [6, 6.07) is 0.684. The van der Waals surface area contributed by atoms with E-state index in [1.165, 1.54) is 49.1 Å². The number of nitrogens with two attached hydrogens (primary N) is 1. The summed E-state index contributed by atoms with van der Waals surface area (Å²) in [7, 11) is 0. The van der Waals surface area contributed by atoms with Gasteiger partial charge in [-0.25, -0.2) is 0 Å². The van der Waals surface area contributed by atoms with Gasteiger partial charge in [0.1, 0.15) is 0 Å². The molecule has 2 aliphatic carbocycles. The van der Waals surface area contributed by atoms with E-state index in [1.54, 1.807) is 0 Å². The summed E-state index contributed by atoms with van der Waals surface area (Å²) in [4.78, 5) is 0. The van der Waals surface area contributed by atoms with Crippen LogP contribution in [0.5, 0.6) is 0 Å². The molecule has 3 rings (SSSR count). The molecule has 1 saturated carbocycles. The molecule has 0 bridgehead atoms. The monoisotopic (exact) mass is 177 g/mol. The van der Waals surface area contributed by atoms with Crippen molar-refractivity contribution in [2.45, 2.75) is 44.7 Å². The SMILES string of the molecule is NCc1c2c(nn1C1CC1)CCC2. The van der Waals surface area contributed by atoms with Crippen molar-refractivity contribution in [1.82, 2.24) is 9.78 Å². The normalized spacial score (nSPS) is 20.7. The second kappa shape index (κ2) is 2.58. The van der Waals surface area contributed by atoms with Gasteiger partial charge in [-0.15, -0.1) is 0 Å². The fourth-order valence-electron chi connectivity index (χ4n) is 2.32. The van der Waals surface area contributed by atoms with Gasteiger partial charge < -0.3 is 5.73 Å². The first kappa shape index (κ1) is 7.56. The Hall–Kier alpha value is -0.830. The largest absolute Gasteiger partial charge is 0.325 e. The number of aromatic nitrogens is 2. The standard InChI is InChI=1S/C10H15N3/c11-6-10-8-2-1-3-9(8)12-13(10)7-4-5-7/h7H,1-6,11H2. The predicted molar refractivity (Wildman–Crippen MR) is 50.4 cm³/mol. The van der Waals surface area contributed by atoms with Crippen LogP contribution < -0.4 is 5.73 Å². The lowest BCUT2D eigenvalue weighted by molar-refractivity contribution is 0.590. The van der Waals surface area contributed by atoms with Crippen LogP contribution in [-0.4, -0.2) is 9.78 Å². The highest BCUT2D eigenvalue weighted by molar-refractivity contribution is 5.31. The van der Waals surface area contributed by atoms with Crippen molar-refractivity contribution in [1.29, 1.82) is 0 Å². The third-order valence-electron chi connectivity index (χ3n) is 3.13. The van der Waals surface area contributed by atoms with Crippen molar-refractivity contribution in [2.75, 3.05) is 0 Å². The molecule has 0 spiro atoms. The van der Waals surface area contributed by atoms with Crippen molar-refractivity contribution >= 4 is 0 Å². The molecule has 0 aromatic carbocycles.